The quantitative estimate of drug-likeness (QED) is 0.517. The van der Waals surface area contributed by atoms with Crippen LogP contribution in [0.15, 0.2) is 0 Å². The van der Waals surface area contributed by atoms with Gasteiger partial charge in [-0.2, -0.15) is 0 Å². The molecule has 5 heteroatoms. The van der Waals surface area contributed by atoms with E-state index in [1.807, 2.05) is 0 Å². The Kier molecular flexibility index (Phi) is 39.9. The first kappa shape index (κ1) is 9.24. The number of rotatable bonds is 0. The van der Waals surface area contributed by atoms with Gasteiger partial charge in [0.25, 0.3) is 0 Å². The van der Waals surface area contributed by atoms with Crippen molar-refractivity contribution in [2.75, 3.05) is 0 Å². The summed E-state index contributed by atoms with van der Waals surface area (Å²) in [6.07, 6.45) is 0. The second-order valence-electron chi connectivity index (χ2n) is 0.0833. The van der Waals surface area contributed by atoms with E-state index in [9.17, 15) is 0 Å². The minimum absolute atomic E-state index is 1.42. The summed E-state index contributed by atoms with van der Waals surface area (Å²) in [6, 6.07) is 0. The Morgan fingerprint density at radius 3 is 1.40 bits per heavy atom. The van der Waals surface area contributed by atoms with Crippen molar-refractivity contribution in [1.82, 2.24) is 0 Å². The van der Waals surface area contributed by atoms with Crippen LogP contribution in [-0.2, 0) is 28.1 Å². The summed E-state index contributed by atoms with van der Waals surface area (Å²) in [5.74, 6) is 0. The third-order valence-corrected chi connectivity index (χ3v) is 0. The molecule has 0 aliphatic carbocycles. The standard InChI is InChI=1S/Ag.O2Si.S/c;1-3-2;. The summed E-state index contributed by atoms with van der Waals surface area (Å²) in [5.41, 5.74) is 0. The Labute approximate surface area is 47.1 Å². The van der Waals surface area contributed by atoms with E-state index < -0.39 is 9.29 Å². The molecule has 0 bridgehead atoms. The molecule has 0 radical (unpaired) electrons. The van der Waals surface area contributed by atoms with Gasteiger partial charge < -0.3 is 0 Å². The first-order chi connectivity index (χ1) is 2.41. The van der Waals surface area contributed by atoms with E-state index in [4.69, 9.17) is 8.92 Å². The van der Waals surface area contributed by atoms with Gasteiger partial charge in [-0.25, -0.2) is 0 Å². The van der Waals surface area contributed by atoms with Gasteiger partial charge in [0.1, 0.15) is 0 Å². The van der Waals surface area contributed by atoms with Gasteiger partial charge in [-0.05, 0) is 0 Å². The molecule has 0 aliphatic heterocycles. The van der Waals surface area contributed by atoms with Crippen LogP contribution in [0, 0.1) is 0 Å². The van der Waals surface area contributed by atoms with E-state index in [0.717, 1.165) is 0 Å². The Morgan fingerprint density at radius 1 is 1.40 bits per heavy atom. The fraction of sp³-hybridized carbons (Fsp3) is 0. The van der Waals surface area contributed by atoms with E-state index in [1.165, 1.54) is 0 Å². The van der Waals surface area contributed by atoms with Gasteiger partial charge in [0.2, 0.25) is 0 Å². The molecule has 0 saturated heterocycles. The molecule has 0 amide bonds. The molecule has 0 spiro atoms. The van der Waals surface area contributed by atoms with Gasteiger partial charge in [0.05, 0.1) is 0 Å². The summed E-state index contributed by atoms with van der Waals surface area (Å²) >= 11 is 2.53. The van der Waals surface area contributed by atoms with Crippen LogP contribution >= 0.6 is 9.58 Å². The van der Waals surface area contributed by atoms with Crippen molar-refractivity contribution < 1.29 is 28.1 Å². The Balaban J connectivity index is 0. The normalized spacial score (nSPS) is 2.80. The van der Waals surface area contributed by atoms with E-state index in [-0.39, 0.29) is 0 Å². The zero-order valence-corrected chi connectivity index (χ0v) is 5.33. The Hall–Kier alpha value is 0.777. The van der Waals surface area contributed by atoms with Crippen LogP contribution < -0.4 is 0 Å². The maximum absolute atomic E-state index is 8.40. The van der Waals surface area contributed by atoms with Crippen molar-refractivity contribution in [3.8, 4) is 0 Å². The van der Waals surface area contributed by atoms with Crippen LogP contribution in [0.3, 0.4) is 0 Å². The van der Waals surface area contributed by atoms with E-state index in [0.29, 0.717) is 0 Å². The molecule has 2 nitrogen and oxygen atoms in total. The van der Waals surface area contributed by atoms with Crippen molar-refractivity contribution >= 4 is 18.9 Å². The fourth-order valence-electron chi connectivity index (χ4n) is 0. The molecule has 0 aromatic carbocycles. The van der Waals surface area contributed by atoms with E-state index >= 15 is 0 Å². The first-order valence-electron chi connectivity index (χ1n) is 0.531. The number of hydrogen-bond donors (Lipinski definition) is 0. The van der Waals surface area contributed by atoms with Crippen molar-refractivity contribution in [1.29, 1.82) is 0 Å². The maximum atomic E-state index is 8.40. The van der Waals surface area contributed by atoms with Crippen LogP contribution in [0.4, 0.5) is 0 Å². The molecule has 0 aromatic heterocycles. The third-order valence-electron chi connectivity index (χ3n) is 0. The van der Waals surface area contributed by atoms with Gasteiger partial charge in [0.15, 0.2) is 0 Å². The molecular formula is AgO2SSi. The van der Waals surface area contributed by atoms with Gasteiger partial charge in [0, 0.05) is 0 Å². The zero-order valence-electron chi connectivity index (χ0n) is 2.03. The van der Waals surface area contributed by atoms with Crippen LogP contribution in [0.2, 0.25) is 0 Å². The van der Waals surface area contributed by atoms with Crippen molar-refractivity contribution in [2.45, 2.75) is 0 Å². The average Bonchev–Trinajstić information content (AvgIpc) is 1.46. The molecule has 0 saturated carbocycles. The first-order valence-corrected chi connectivity index (χ1v) is 3.41. The van der Waals surface area contributed by atoms with Gasteiger partial charge in [-0.1, -0.05) is 0 Å². The van der Waals surface area contributed by atoms with Crippen LogP contribution in [-0.4, -0.2) is 9.29 Å². The molecular weight excluding hydrogens is 200 g/mol. The molecule has 5 heavy (non-hydrogen) atoms. The predicted octanol–water partition coefficient (Wildman–Crippen LogP) is 0.0273. The zero-order chi connectivity index (χ0) is 4.71. The molecule has 0 unspecified atom stereocenters. The van der Waals surface area contributed by atoms with E-state index in [2.05, 4.69) is 28.8 Å². The molecule has 33 valence electrons. The third kappa shape index (κ3) is 61.0. The van der Waals surface area contributed by atoms with Crippen molar-refractivity contribution in [2.24, 2.45) is 0 Å². The minimum atomic E-state index is -1.42. The van der Waals surface area contributed by atoms with Gasteiger partial charge in [-0.3, -0.25) is 8.92 Å². The van der Waals surface area contributed by atoms with Crippen LogP contribution in [0.5, 0.6) is 0 Å². The second kappa shape index (κ2) is 21.6. The summed E-state index contributed by atoms with van der Waals surface area (Å²) in [6.45, 7) is 0. The Morgan fingerprint density at radius 2 is 1.40 bits per heavy atom. The van der Waals surface area contributed by atoms with Crippen LogP contribution in [0.25, 0.3) is 0 Å². The molecule has 0 fully saturated rings. The van der Waals surface area contributed by atoms with E-state index in [1.54, 1.807) is 0 Å². The summed E-state index contributed by atoms with van der Waals surface area (Å²) in [7, 11) is 2.48. The van der Waals surface area contributed by atoms with Crippen molar-refractivity contribution in [3.63, 3.8) is 0 Å². The second-order valence-corrected chi connectivity index (χ2v) is 0.250. The van der Waals surface area contributed by atoms with Gasteiger partial charge >= 0.3 is 38.1 Å². The summed E-state index contributed by atoms with van der Waals surface area (Å²) < 4.78 is 16.8. The number of hydrogen-bond acceptors (Lipinski definition) is 3. The molecule has 0 heterocycles. The van der Waals surface area contributed by atoms with Crippen molar-refractivity contribution in [3.05, 3.63) is 0 Å². The summed E-state index contributed by atoms with van der Waals surface area (Å²) in [5, 5.41) is 0. The molecule has 0 aliphatic rings. The average molecular weight is 200 g/mol. The monoisotopic (exact) mass is 199 g/mol. The fourth-order valence-corrected chi connectivity index (χ4v) is 0. The SMILES string of the molecule is O=[Si]=O.[S]=[Ag]. The van der Waals surface area contributed by atoms with Gasteiger partial charge in [-0.15, -0.1) is 0 Å². The van der Waals surface area contributed by atoms with Crippen LogP contribution in [0.1, 0.15) is 0 Å². The summed E-state index contributed by atoms with van der Waals surface area (Å²) in [4.78, 5) is 0. The Bertz CT molecular complexity index is 38.9. The molecule has 0 N–H and O–H groups in total. The molecule has 0 aromatic rings. The topological polar surface area (TPSA) is 34.1 Å². The predicted molar refractivity (Wildman–Crippen MR) is 14.7 cm³/mol. The molecule has 0 rings (SSSR count). The molecule has 0 atom stereocenters.